The highest BCUT2D eigenvalue weighted by Gasteiger charge is 2.29. The van der Waals surface area contributed by atoms with Gasteiger partial charge in [-0.2, -0.15) is 0 Å². The number of nitrogens with zero attached hydrogens (tertiary/aromatic N) is 2. The summed E-state index contributed by atoms with van der Waals surface area (Å²) in [6.07, 6.45) is 2.15. The van der Waals surface area contributed by atoms with Crippen LogP contribution in [0.25, 0.3) is 11.0 Å². The summed E-state index contributed by atoms with van der Waals surface area (Å²) in [7, 11) is 0. The van der Waals surface area contributed by atoms with Crippen molar-refractivity contribution in [3.05, 3.63) is 65.9 Å². The Bertz CT molecular complexity index is 909. The van der Waals surface area contributed by atoms with Crippen molar-refractivity contribution >= 4 is 28.7 Å². The molecular weight excluding hydrogens is 330 g/mol. The largest absolute Gasteiger partial charge is 0.352 e. The van der Waals surface area contributed by atoms with Gasteiger partial charge in [-0.25, -0.2) is 9.97 Å². The lowest BCUT2D eigenvalue weighted by Crippen LogP contribution is -2.29. The van der Waals surface area contributed by atoms with E-state index in [0.29, 0.717) is 6.04 Å². The Morgan fingerprint density at radius 2 is 1.68 bits per heavy atom. The molecule has 1 aliphatic carbocycles. The highest BCUT2D eigenvalue weighted by molar-refractivity contribution is 8.00. The van der Waals surface area contributed by atoms with Crippen molar-refractivity contribution in [2.45, 2.75) is 36.1 Å². The van der Waals surface area contributed by atoms with E-state index >= 15 is 0 Å². The summed E-state index contributed by atoms with van der Waals surface area (Å²) >= 11 is 1.48. The number of hydrogen-bond donors (Lipinski definition) is 1. The number of carbonyl (C=O) groups is 1. The van der Waals surface area contributed by atoms with Crippen LogP contribution >= 0.6 is 11.8 Å². The smallest absolute Gasteiger partial charge is 0.238 e. The van der Waals surface area contributed by atoms with Crippen LogP contribution in [-0.4, -0.2) is 21.9 Å². The summed E-state index contributed by atoms with van der Waals surface area (Å²) in [6.45, 7) is 1.95. The number of amides is 1. The van der Waals surface area contributed by atoms with Gasteiger partial charge in [0.1, 0.15) is 10.3 Å². The molecule has 0 saturated heterocycles. The standard InChI is InChI=1S/C20H19N3OS/c1-13-20(23-17-10-6-5-9-16(17)21-13)25-18(14-7-3-2-4-8-14)19(24)22-15-11-12-15/h2-10,15,18H,11-12H2,1H3,(H,22,24)/t18-/m0/s1. The molecule has 0 spiro atoms. The van der Waals surface area contributed by atoms with E-state index in [0.717, 1.165) is 40.2 Å². The Balaban J connectivity index is 1.68. The molecule has 1 aliphatic rings. The first-order valence-corrected chi connectivity index (χ1v) is 9.34. The molecule has 0 unspecified atom stereocenters. The van der Waals surface area contributed by atoms with Crippen LogP contribution in [0.3, 0.4) is 0 Å². The Morgan fingerprint density at radius 3 is 2.36 bits per heavy atom. The lowest BCUT2D eigenvalue weighted by Gasteiger charge is -2.17. The molecule has 1 aromatic heterocycles. The highest BCUT2D eigenvalue weighted by Crippen LogP contribution is 2.37. The second-order valence-electron chi connectivity index (χ2n) is 6.29. The number of carbonyl (C=O) groups excluding carboxylic acids is 1. The molecule has 0 radical (unpaired) electrons. The maximum absolute atomic E-state index is 12.8. The molecular formula is C20H19N3OS. The number of thioether (sulfide) groups is 1. The normalized spacial score (nSPS) is 15.1. The van der Waals surface area contributed by atoms with Crippen LogP contribution in [0.2, 0.25) is 0 Å². The van der Waals surface area contributed by atoms with Crippen LogP contribution in [0.15, 0.2) is 59.6 Å². The van der Waals surface area contributed by atoms with Gasteiger partial charge in [0.2, 0.25) is 5.91 Å². The summed E-state index contributed by atoms with van der Waals surface area (Å²) in [5.41, 5.74) is 3.57. The van der Waals surface area contributed by atoms with Gasteiger partial charge in [-0.05, 0) is 37.5 Å². The average molecular weight is 349 g/mol. The van der Waals surface area contributed by atoms with E-state index in [-0.39, 0.29) is 11.2 Å². The van der Waals surface area contributed by atoms with E-state index in [2.05, 4.69) is 10.3 Å². The van der Waals surface area contributed by atoms with Gasteiger partial charge in [-0.1, -0.05) is 54.2 Å². The van der Waals surface area contributed by atoms with Gasteiger partial charge < -0.3 is 5.32 Å². The second kappa shape index (κ2) is 6.84. The van der Waals surface area contributed by atoms with Gasteiger partial charge in [-0.15, -0.1) is 0 Å². The summed E-state index contributed by atoms with van der Waals surface area (Å²) in [5, 5.41) is 3.60. The molecule has 2 aromatic carbocycles. The predicted octanol–water partition coefficient (Wildman–Crippen LogP) is 4.05. The summed E-state index contributed by atoms with van der Waals surface area (Å²) in [6, 6.07) is 18.0. The van der Waals surface area contributed by atoms with E-state index < -0.39 is 0 Å². The second-order valence-corrected chi connectivity index (χ2v) is 7.39. The van der Waals surface area contributed by atoms with Gasteiger partial charge >= 0.3 is 0 Å². The van der Waals surface area contributed by atoms with Crippen molar-refractivity contribution in [3.8, 4) is 0 Å². The predicted molar refractivity (Wildman–Crippen MR) is 100 cm³/mol. The number of rotatable bonds is 5. The van der Waals surface area contributed by atoms with E-state index in [1.54, 1.807) is 0 Å². The Labute approximate surface area is 151 Å². The zero-order chi connectivity index (χ0) is 17.2. The van der Waals surface area contributed by atoms with Crippen molar-refractivity contribution in [1.82, 2.24) is 15.3 Å². The zero-order valence-corrected chi connectivity index (χ0v) is 14.8. The Kier molecular flexibility index (Phi) is 4.40. The molecule has 25 heavy (non-hydrogen) atoms. The fourth-order valence-corrected chi connectivity index (χ4v) is 3.76. The molecule has 1 atom stereocenters. The molecule has 1 N–H and O–H groups in total. The first-order chi connectivity index (χ1) is 12.2. The van der Waals surface area contributed by atoms with Crippen molar-refractivity contribution in [2.24, 2.45) is 0 Å². The molecule has 1 heterocycles. The molecule has 1 fully saturated rings. The van der Waals surface area contributed by atoms with Crippen molar-refractivity contribution < 1.29 is 4.79 Å². The lowest BCUT2D eigenvalue weighted by molar-refractivity contribution is -0.120. The number of hydrogen-bond acceptors (Lipinski definition) is 4. The van der Waals surface area contributed by atoms with Gasteiger partial charge in [0.05, 0.1) is 16.7 Å². The maximum Gasteiger partial charge on any atom is 0.238 e. The zero-order valence-electron chi connectivity index (χ0n) is 14.0. The van der Waals surface area contributed by atoms with Crippen LogP contribution in [-0.2, 0) is 4.79 Å². The number of aryl methyl sites for hydroxylation is 1. The molecule has 5 heteroatoms. The van der Waals surface area contributed by atoms with Gasteiger partial charge in [0.15, 0.2) is 0 Å². The molecule has 0 bridgehead atoms. The van der Waals surface area contributed by atoms with Gasteiger partial charge in [0, 0.05) is 6.04 Å². The van der Waals surface area contributed by atoms with Crippen molar-refractivity contribution in [3.63, 3.8) is 0 Å². The molecule has 3 aromatic rings. The van der Waals surface area contributed by atoms with E-state index in [4.69, 9.17) is 4.98 Å². The first-order valence-electron chi connectivity index (χ1n) is 8.46. The van der Waals surface area contributed by atoms with Crippen LogP contribution in [0.5, 0.6) is 0 Å². The van der Waals surface area contributed by atoms with Gasteiger partial charge in [-0.3, -0.25) is 4.79 Å². The third kappa shape index (κ3) is 3.66. The summed E-state index contributed by atoms with van der Waals surface area (Å²) in [5.74, 6) is 0.0491. The molecule has 0 aliphatic heterocycles. The molecule has 1 saturated carbocycles. The SMILES string of the molecule is Cc1nc2ccccc2nc1S[C@H](C(=O)NC1CC1)c1ccccc1. The molecule has 4 nitrogen and oxygen atoms in total. The lowest BCUT2D eigenvalue weighted by atomic mass is 10.1. The van der Waals surface area contributed by atoms with Crippen molar-refractivity contribution in [1.29, 1.82) is 0 Å². The number of aromatic nitrogens is 2. The molecule has 1 amide bonds. The van der Waals surface area contributed by atoms with Crippen LogP contribution in [0, 0.1) is 6.92 Å². The van der Waals surface area contributed by atoms with E-state index in [9.17, 15) is 4.79 Å². The van der Waals surface area contributed by atoms with Gasteiger partial charge in [0.25, 0.3) is 0 Å². The number of benzene rings is 2. The maximum atomic E-state index is 12.8. The van der Waals surface area contributed by atoms with Crippen LogP contribution in [0.1, 0.15) is 29.3 Å². The number of para-hydroxylation sites is 2. The molecule has 4 rings (SSSR count). The number of nitrogens with one attached hydrogen (secondary N) is 1. The quantitative estimate of drug-likeness (QED) is 0.706. The Morgan fingerprint density at radius 1 is 1.04 bits per heavy atom. The van der Waals surface area contributed by atoms with Crippen molar-refractivity contribution in [2.75, 3.05) is 0 Å². The summed E-state index contributed by atoms with van der Waals surface area (Å²) in [4.78, 5) is 22.2. The Hall–Kier alpha value is -2.40. The minimum Gasteiger partial charge on any atom is -0.352 e. The third-order valence-corrected chi connectivity index (χ3v) is 5.53. The van der Waals surface area contributed by atoms with E-state index in [1.165, 1.54) is 11.8 Å². The monoisotopic (exact) mass is 349 g/mol. The molecule has 126 valence electrons. The minimum absolute atomic E-state index is 0.0491. The summed E-state index contributed by atoms with van der Waals surface area (Å²) < 4.78 is 0. The number of fused-ring (bicyclic) bond motifs is 1. The fraction of sp³-hybridized carbons (Fsp3) is 0.250. The fourth-order valence-electron chi connectivity index (χ4n) is 2.70. The topological polar surface area (TPSA) is 54.9 Å². The van der Waals surface area contributed by atoms with Crippen LogP contribution < -0.4 is 5.32 Å². The average Bonchev–Trinajstić information content (AvgIpc) is 3.44. The highest BCUT2D eigenvalue weighted by atomic mass is 32.2. The third-order valence-electron chi connectivity index (χ3n) is 4.20. The minimum atomic E-state index is -0.323. The van der Waals surface area contributed by atoms with Crippen LogP contribution in [0.4, 0.5) is 0 Å². The van der Waals surface area contributed by atoms with E-state index in [1.807, 2.05) is 61.5 Å². The first kappa shape index (κ1) is 16.1.